The molecule has 3 rings (SSSR count). The molecule has 0 aromatic heterocycles. The van der Waals surface area contributed by atoms with Crippen molar-refractivity contribution in [2.75, 3.05) is 6.61 Å². The summed E-state index contributed by atoms with van der Waals surface area (Å²) in [4.78, 5) is 12.6. The number of para-hydroxylation sites is 1. The number of hydrogen-bond donors (Lipinski definition) is 0. The number of hydrogen-bond acceptors (Lipinski definition) is 2. The predicted octanol–water partition coefficient (Wildman–Crippen LogP) is 4.48. The molecule has 0 amide bonds. The van der Waals surface area contributed by atoms with E-state index in [4.69, 9.17) is 4.74 Å². The molecule has 0 saturated carbocycles. The molecule has 1 unspecified atom stereocenters. The second-order valence-electron chi connectivity index (χ2n) is 4.84. The van der Waals surface area contributed by atoms with E-state index >= 15 is 0 Å². The van der Waals surface area contributed by atoms with Crippen molar-refractivity contribution in [1.29, 1.82) is 0 Å². The Morgan fingerprint density at radius 1 is 1.19 bits per heavy atom. The Balaban J connectivity index is 2.05. The van der Waals surface area contributed by atoms with E-state index in [-0.39, 0.29) is 4.47 Å². The van der Waals surface area contributed by atoms with Gasteiger partial charge >= 0.3 is 0 Å². The molecular weight excluding hydrogens is 342 g/mol. The van der Waals surface area contributed by atoms with E-state index in [0.29, 0.717) is 24.3 Å². The van der Waals surface area contributed by atoms with Gasteiger partial charge in [0.15, 0.2) is 5.78 Å². The van der Waals surface area contributed by atoms with Crippen LogP contribution in [0.25, 0.3) is 0 Å². The number of rotatable bonds is 2. The van der Waals surface area contributed by atoms with Crippen LogP contribution in [0, 0.1) is 11.6 Å². The first-order chi connectivity index (χ1) is 10.1. The van der Waals surface area contributed by atoms with Crippen LogP contribution < -0.4 is 4.74 Å². The minimum atomic E-state index is -0.851. The molecule has 0 saturated heterocycles. The van der Waals surface area contributed by atoms with Gasteiger partial charge in [-0.15, -0.1) is 0 Å². The molecule has 2 nitrogen and oxygen atoms in total. The lowest BCUT2D eigenvalue weighted by molar-refractivity contribution is 0.0924. The summed E-state index contributed by atoms with van der Waals surface area (Å²) in [5.74, 6) is -2.24. The molecule has 0 N–H and O–H groups in total. The Labute approximate surface area is 128 Å². The zero-order valence-electron chi connectivity index (χ0n) is 10.9. The molecule has 108 valence electrons. The third kappa shape index (κ3) is 2.58. The predicted molar refractivity (Wildman–Crippen MR) is 77.7 cm³/mol. The van der Waals surface area contributed by atoms with Gasteiger partial charge in [-0.3, -0.25) is 4.79 Å². The molecule has 0 spiro atoms. The highest BCUT2D eigenvalue weighted by molar-refractivity contribution is 9.10. The Morgan fingerprint density at radius 2 is 1.86 bits per heavy atom. The quantitative estimate of drug-likeness (QED) is 0.745. The number of halogens is 3. The minimum absolute atomic E-state index is 0.265. The number of ketones is 1. The van der Waals surface area contributed by atoms with E-state index in [1.165, 1.54) is 0 Å². The van der Waals surface area contributed by atoms with Crippen molar-refractivity contribution in [2.45, 2.75) is 12.3 Å². The van der Waals surface area contributed by atoms with Crippen molar-refractivity contribution in [3.63, 3.8) is 0 Å². The van der Waals surface area contributed by atoms with Crippen LogP contribution in [0.15, 0.2) is 40.9 Å². The third-order valence-electron chi connectivity index (χ3n) is 3.53. The van der Waals surface area contributed by atoms with Crippen molar-refractivity contribution in [2.24, 2.45) is 0 Å². The van der Waals surface area contributed by atoms with Gasteiger partial charge in [-0.1, -0.05) is 34.1 Å². The van der Waals surface area contributed by atoms with Crippen LogP contribution in [0.4, 0.5) is 8.78 Å². The van der Waals surface area contributed by atoms with Crippen LogP contribution in [0.5, 0.6) is 5.75 Å². The average molecular weight is 353 g/mol. The number of carbonyl (C=O) groups is 1. The summed E-state index contributed by atoms with van der Waals surface area (Å²) in [7, 11) is 0. The van der Waals surface area contributed by atoms with E-state index in [1.807, 2.05) is 0 Å². The van der Waals surface area contributed by atoms with Crippen LogP contribution in [0.2, 0.25) is 0 Å². The van der Waals surface area contributed by atoms with Crippen LogP contribution >= 0.6 is 15.9 Å². The largest absolute Gasteiger partial charge is 0.493 e. The molecular formula is C16H11BrF2O2. The lowest BCUT2D eigenvalue weighted by Crippen LogP contribution is -2.23. The first-order valence-corrected chi connectivity index (χ1v) is 7.27. The maximum absolute atomic E-state index is 14.0. The summed E-state index contributed by atoms with van der Waals surface area (Å²) in [5.41, 5.74) is 0.190. The summed E-state index contributed by atoms with van der Waals surface area (Å²) in [6, 6.07) is 9.28. The second-order valence-corrected chi connectivity index (χ2v) is 5.75. The molecule has 1 aliphatic heterocycles. The average Bonchev–Trinajstić information content (AvgIpc) is 2.45. The third-order valence-corrected chi connectivity index (χ3v) is 3.99. The Bertz CT molecular complexity index is 692. The standard InChI is InChI=1S/C16H11BrF2O2/c17-9-7-12(18)15(13(19)8-9)16(20)11-5-6-21-14-4-2-1-3-10(11)14/h1-4,7-8,11H,5-6H2. The van der Waals surface area contributed by atoms with Crippen LogP contribution in [0.1, 0.15) is 28.3 Å². The lowest BCUT2D eigenvalue weighted by Gasteiger charge is -2.25. The van der Waals surface area contributed by atoms with Gasteiger partial charge in [0.2, 0.25) is 0 Å². The summed E-state index contributed by atoms with van der Waals surface area (Å²) in [6.45, 7) is 0.354. The molecule has 5 heteroatoms. The van der Waals surface area contributed by atoms with Crippen molar-refractivity contribution in [3.05, 3.63) is 63.6 Å². The molecule has 2 aromatic carbocycles. The van der Waals surface area contributed by atoms with Gasteiger partial charge in [0.25, 0.3) is 0 Å². The Kier molecular flexibility index (Phi) is 3.76. The van der Waals surface area contributed by atoms with Gasteiger partial charge in [0, 0.05) is 10.0 Å². The summed E-state index contributed by atoms with van der Waals surface area (Å²) in [6.07, 6.45) is 0.408. The molecule has 0 aliphatic carbocycles. The van der Waals surface area contributed by atoms with Crippen LogP contribution in [0.3, 0.4) is 0 Å². The van der Waals surface area contributed by atoms with Crippen molar-refractivity contribution < 1.29 is 18.3 Å². The van der Waals surface area contributed by atoms with E-state index in [9.17, 15) is 13.6 Å². The number of Topliss-reactive ketones (excluding diaryl/α,β-unsaturated/α-hetero) is 1. The number of ether oxygens (including phenoxy) is 1. The molecule has 2 aromatic rings. The topological polar surface area (TPSA) is 26.3 Å². The molecule has 1 heterocycles. The zero-order valence-corrected chi connectivity index (χ0v) is 12.5. The molecule has 0 radical (unpaired) electrons. The van der Waals surface area contributed by atoms with Crippen LogP contribution in [-0.4, -0.2) is 12.4 Å². The number of carbonyl (C=O) groups excluding carboxylic acids is 1. The summed E-state index contributed by atoms with van der Waals surface area (Å²) in [5, 5.41) is 0. The minimum Gasteiger partial charge on any atom is -0.493 e. The Morgan fingerprint density at radius 3 is 2.57 bits per heavy atom. The van der Waals surface area contributed by atoms with E-state index < -0.39 is 28.9 Å². The summed E-state index contributed by atoms with van der Waals surface area (Å²) >= 11 is 3.01. The van der Waals surface area contributed by atoms with Crippen molar-refractivity contribution in [1.82, 2.24) is 0 Å². The fraction of sp³-hybridized carbons (Fsp3) is 0.188. The highest BCUT2D eigenvalue weighted by atomic mass is 79.9. The van der Waals surface area contributed by atoms with Gasteiger partial charge in [-0.2, -0.15) is 0 Å². The van der Waals surface area contributed by atoms with Gasteiger partial charge in [-0.25, -0.2) is 8.78 Å². The summed E-state index contributed by atoms with van der Waals surface area (Å²) < 4.78 is 33.7. The first kappa shape index (κ1) is 14.2. The molecule has 0 bridgehead atoms. The van der Waals surface area contributed by atoms with Gasteiger partial charge < -0.3 is 4.74 Å². The Hall–Kier alpha value is -1.75. The maximum atomic E-state index is 14.0. The van der Waals surface area contributed by atoms with E-state index in [2.05, 4.69) is 15.9 Å². The highest BCUT2D eigenvalue weighted by Crippen LogP contribution is 2.36. The monoisotopic (exact) mass is 352 g/mol. The molecule has 1 aliphatic rings. The normalized spacial score (nSPS) is 17.0. The SMILES string of the molecule is O=C(c1c(F)cc(Br)cc1F)C1CCOc2ccccc21. The smallest absolute Gasteiger partial charge is 0.176 e. The van der Waals surface area contributed by atoms with E-state index in [1.54, 1.807) is 24.3 Å². The first-order valence-electron chi connectivity index (χ1n) is 6.48. The zero-order chi connectivity index (χ0) is 15.0. The maximum Gasteiger partial charge on any atom is 0.176 e. The number of fused-ring (bicyclic) bond motifs is 1. The van der Waals surface area contributed by atoms with Gasteiger partial charge in [-0.05, 0) is 24.6 Å². The molecule has 21 heavy (non-hydrogen) atoms. The van der Waals surface area contributed by atoms with Crippen LogP contribution in [-0.2, 0) is 0 Å². The van der Waals surface area contributed by atoms with Crippen molar-refractivity contribution >= 4 is 21.7 Å². The second kappa shape index (κ2) is 5.56. The van der Waals surface area contributed by atoms with Crippen molar-refractivity contribution in [3.8, 4) is 5.75 Å². The molecule has 1 atom stereocenters. The van der Waals surface area contributed by atoms with Gasteiger partial charge in [0.1, 0.15) is 17.4 Å². The van der Waals surface area contributed by atoms with E-state index in [0.717, 1.165) is 12.1 Å². The highest BCUT2D eigenvalue weighted by Gasteiger charge is 2.31. The number of benzene rings is 2. The fourth-order valence-corrected chi connectivity index (χ4v) is 2.97. The molecule has 0 fully saturated rings. The van der Waals surface area contributed by atoms with Gasteiger partial charge in [0.05, 0.1) is 18.1 Å². The fourth-order valence-electron chi connectivity index (χ4n) is 2.57. The lowest BCUT2D eigenvalue weighted by atomic mass is 9.86.